The van der Waals surface area contributed by atoms with Gasteiger partial charge in [0.1, 0.15) is 0 Å². The van der Waals surface area contributed by atoms with E-state index in [1.807, 2.05) is 30.1 Å². The molecule has 3 aromatic rings. The maximum absolute atomic E-state index is 12.9. The molecule has 9 nitrogen and oxygen atoms in total. The van der Waals surface area contributed by atoms with Gasteiger partial charge < -0.3 is 14.7 Å². The lowest BCUT2D eigenvalue weighted by Crippen LogP contribution is -2.38. The Hall–Kier alpha value is -3.36. The quantitative estimate of drug-likeness (QED) is 0.643. The maximum Gasteiger partial charge on any atom is 0.350 e. The Balaban J connectivity index is 1.51. The summed E-state index contributed by atoms with van der Waals surface area (Å²) in [7, 11) is 3.66. The molecule has 0 saturated carbocycles. The smallest absolute Gasteiger partial charge is 0.350 e. The molecule has 2 aliphatic rings. The second-order valence-electron chi connectivity index (χ2n) is 8.01. The number of fused-ring (bicyclic) bond motifs is 2. The third kappa shape index (κ3) is 3.01. The lowest BCUT2D eigenvalue weighted by molar-refractivity contribution is 0.0724. The van der Waals surface area contributed by atoms with Gasteiger partial charge in [-0.05, 0) is 31.4 Å². The number of nitrogens with zero attached hydrogens (tertiary/aromatic N) is 7. The van der Waals surface area contributed by atoms with E-state index in [9.17, 15) is 9.59 Å². The molecule has 1 fully saturated rings. The topological polar surface area (TPSA) is 79.0 Å². The standard InChI is InChI=1S/C21H25N7O2/c1-24-10-11-27(16-6-9-28-18(13-16)23-25(2)21(28)30)19-17(24)12-15(14-22-19)20(29)26-7-4-3-5-8-26/h6,9,12-14H,3-5,7-8,10-11H2,1-2H3. The second-order valence-corrected chi connectivity index (χ2v) is 8.01. The van der Waals surface area contributed by atoms with E-state index in [0.29, 0.717) is 11.2 Å². The van der Waals surface area contributed by atoms with E-state index < -0.39 is 0 Å². The lowest BCUT2D eigenvalue weighted by Gasteiger charge is -2.36. The van der Waals surface area contributed by atoms with Crippen LogP contribution in [0.1, 0.15) is 29.6 Å². The Morgan fingerprint density at radius 1 is 1.03 bits per heavy atom. The molecule has 3 aromatic heterocycles. The molecule has 9 heteroatoms. The van der Waals surface area contributed by atoms with E-state index in [4.69, 9.17) is 0 Å². The molecule has 0 unspecified atom stereocenters. The number of hydrogen-bond donors (Lipinski definition) is 0. The van der Waals surface area contributed by atoms with Crippen molar-refractivity contribution in [2.45, 2.75) is 19.3 Å². The first-order valence-electron chi connectivity index (χ1n) is 10.4. The minimum atomic E-state index is -0.172. The van der Waals surface area contributed by atoms with Crippen LogP contribution >= 0.6 is 0 Å². The number of hydrogen-bond acceptors (Lipinski definition) is 6. The van der Waals surface area contributed by atoms with Crippen LogP contribution in [0, 0.1) is 0 Å². The molecule has 1 amide bonds. The van der Waals surface area contributed by atoms with Crippen LogP contribution in [0.5, 0.6) is 0 Å². The highest BCUT2D eigenvalue weighted by Gasteiger charge is 2.26. The van der Waals surface area contributed by atoms with Gasteiger partial charge in [0.15, 0.2) is 11.5 Å². The Morgan fingerprint density at radius 2 is 1.83 bits per heavy atom. The third-order valence-corrected chi connectivity index (χ3v) is 6.03. The zero-order valence-electron chi connectivity index (χ0n) is 17.3. The first kappa shape index (κ1) is 18.7. The average Bonchev–Trinajstić information content (AvgIpc) is 3.07. The van der Waals surface area contributed by atoms with Crippen LogP contribution in [0.25, 0.3) is 5.65 Å². The number of likely N-dealkylation sites (tertiary alicyclic amines) is 1. The zero-order valence-corrected chi connectivity index (χ0v) is 17.3. The van der Waals surface area contributed by atoms with E-state index >= 15 is 0 Å². The summed E-state index contributed by atoms with van der Waals surface area (Å²) in [4.78, 5) is 35.9. The van der Waals surface area contributed by atoms with Crippen LogP contribution in [0.3, 0.4) is 0 Å². The fourth-order valence-corrected chi connectivity index (χ4v) is 4.30. The summed E-state index contributed by atoms with van der Waals surface area (Å²) < 4.78 is 2.85. The average molecular weight is 407 g/mol. The predicted molar refractivity (Wildman–Crippen MR) is 115 cm³/mol. The zero-order chi connectivity index (χ0) is 20.8. The molecule has 5 rings (SSSR count). The monoisotopic (exact) mass is 407 g/mol. The van der Waals surface area contributed by atoms with Crippen molar-refractivity contribution >= 4 is 28.7 Å². The summed E-state index contributed by atoms with van der Waals surface area (Å²) in [6.07, 6.45) is 6.75. The molecule has 0 bridgehead atoms. The third-order valence-electron chi connectivity index (χ3n) is 6.03. The van der Waals surface area contributed by atoms with Gasteiger partial charge in [0.25, 0.3) is 5.91 Å². The van der Waals surface area contributed by atoms with Crippen LogP contribution in [0.4, 0.5) is 17.2 Å². The van der Waals surface area contributed by atoms with Gasteiger partial charge in [-0.2, -0.15) is 5.10 Å². The summed E-state index contributed by atoms with van der Waals surface area (Å²) in [5.74, 6) is 0.867. The molecule has 0 aliphatic carbocycles. The SMILES string of the molecule is CN1CCN(c2ccn3c(=O)n(C)nc3c2)c2ncc(C(=O)N3CCCCC3)cc21. The predicted octanol–water partition coefficient (Wildman–Crippen LogP) is 1.64. The van der Waals surface area contributed by atoms with Crippen molar-refractivity contribution in [3.05, 3.63) is 46.6 Å². The van der Waals surface area contributed by atoms with Gasteiger partial charge in [-0.25, -0.2) is 14.5 Å². The van der Waals surface area contributed by atoms with Crippen molar-refractivity contribution in [2.24, 2.45) is 7.05 Å². The van der Waals surface area contributed by atoms with E-state index in [2.05, 4.69) is 19.9 Å². The fourth-order valence-electron chi connectivity index (χ4n) is 4.30. The van der Waals surface area contributed by atoms with Crippen LogP contribution in [-0.4, -0.2) is 63.2 Å². The van der Waals surface area contributed by atoms with Crippen LogP contribution < -0.4 is 15.5 Å². The molecule has 1 saturated heterocycles. The highest BCUT2D eigenvalue weighted by molar-refractivity contribution is 5.96. The minimum absolute atomic E-state index is 0.0600. The molecule has 5 heterocycles. The van der Waals surface area contributed by atoms with Crippen molar-refractivity contribution in [2.75, 3.05) is 43.0 Å². The summed E-state index contributed by atoms with van der Waals surface area (Å²) in [6, 6.07) is 5.75. The summed E-state index contributed by atoms with van der Waals surface area (Å²) >= 11 is 0. The number of pyridine rings is 2. The molecule has 0 radical (unpaired) electrons. The molecular formula is C21H25N7O2. The molecular weight excluding hydrogens is 382 g/mol. The van der Waals surface area contributed by atoms with Gasteiger partial charge in [0, 0.05) is 64.4 Å². The molecule has 0 spiro atoms. The number of rotatable bonds is 2. The van der Waals surface area contributed by atoms with E-state index in [-0.39, 0.29) is 11.6 Å². The largest absolute Gasteiger partial charge is 0.370 e. The molecule has 156 valence electrons. The number of carbonyl (C=O) groups is 1. The number of piperidine rings is 1. The van der Waals surface area contributed by atoms with Gasteiger partial charge in [-0.1, -0.05) is 0 Å². The fraction of sp³-hybridized carbons (Fsp3) is 0.429. The van der Waals surface area contributed by atoms with Crippen molar-refractivity contribution in [1.82, 2.24) is 24.1 Å². The van der Waals surface area contributed by atoms with Crippen LogP contribution in [-0.2, 0) is 7.05 Å². The highest BCUT2D eigenvalue weighted by Crippen LogP contribution is 2.36. The minimum Gasteiger partial charge on any atom is -0.370 e. The number of aryl methyl sites for hydroxylation is 1. The highest BCUT2D eigenvalue weighted by atomic mass is 16.2. The summed E-state index contributed by atoms with van der Waals surface area (Å²) in [5.41, 5.74) is 2.91. The normalized spacial score (nSPS) is 16.8. The summed E-state index contributed by atoms with van der Waals surface area (Å²) in [6.45, 7) is 3.20. The van der Waals surface area contributed by atoms with Gasteiger partial charge in [-0.15, -0.1) is 0 Å². The molecule has 0 N–H and O–H groups in total. The molecule has 30 heavy (non-hydrogen) atoms. The van der Waals surface area contributed by atoms with E-state index in [0.717, 1.165) is 56.2 Å². The number of amides is 1. The number of likely N-dealkylation sites (N-methyl/N-ethyl adjacent to an activating group) is 1. The Labute approximate surface area is 174 Å². The molecule has 0 aromatic carbocycles. The van der Waals surface area contributed by atoms with Crippen molar-refractivity contribution in [3.8, 4) is 0 Å². The second kappa shape index (κ2) is 7.16. The van der Waals surface area contributed by atoms with Gasteiger partial charge in [0.2, 0.25) is 0 Å². The first-order chi connectivity index (χ1) is 14.5. The number of aromatic nitrogens is 4. The van der Waals surface area contributed by atoms with E-state index in [1.165, 1.54) is 15.5 Å². The van der Waals surface area contributed by atoms with Gasteiger partial charge >= 0.3 is 5.69 Å². The molecule has 0 atom stereocenters. The van der Waals surface area contributed by atoms with E-state index in [1.54, 1.807) is 19.4 Å². The Morgan fingerprint density at radius 3 is 2.63 bits per heavy atom. The van der Waals surface area contributed by atoms with Crippen LogP contribution in [0.2, 0.25) is 0 Å². The van der Waals surface area contributed by atoms with Crippen LogP contribution in [0.15, 0.2) is 35.4 Å². The maximum atomic E-state index is 12.9. The summed E-state index contributed by atoms with van der Waals surface area (Å²) in [5, 5.41) is 4.29. The van der Waals surface area contributed by atoms with Gasteiger partial charge in [0.05, 0.1) is 11.3 Å². The first-order valence-corrected chi connectivity index (χ1v) is 10.4. The number of anilines is 3. The van der Waals surface area contributed by atoms with Gasteiger partial charge in [-0.3, -0.25) is 9.20 Å². The Bertz CT molecular complexity index is 1180. The Kier molecular flexibility index (Phi) is 4.45. The lowest BCUT2D eigenvalue weighted by atomic mass is 10.1. The van der Waals surface area contributed by atoms with Crippen molar-refractivity contribution in [1.29, 1.82) is 0 Å². The van der Waals surface area contributed by atoms with Crippen molar-refractivity contribution in [3.63, 3.8) is 0 Å². The van der Waals surface area contributed by atoms with Crippen molar-refractivity contribution < 1.29 is 4.79 Å². The number of carbonyl (C=O) groups excluding carboxylic acids is 1. The molecule has 2 aliphatic heterocycles.